The highest BCUT2D eigenvalue weighted by Crippen LogP contribution is 2.30. The SMILES string of the molecule is CCc1ccc(OCCOCCOCCNC)c(/N=N/c2ccc(CCOC(=O)NCC#CC(C)C)cc2)c1. The number of nitrogens with one attached hydrogen (secondary N) is 2. The molecule has 0 fully saturated rings. The molecule has 0 unspecified atom stereocenters. The van der Waals surface area contributed by atoms with Gasteiger partial charge in [-0.15, -0.1) is 5.11 Å². The van der Waals surface area contributed by atoms with E-state index in [1.54, 1.807) is 0 Å². The van der Waals surface area contributed by atoms with Crippen LogP contribution in [0, 0.1) is 17.8 Å². The molecule has 0 aromatic heterocycles. The van der Waals surface area contributed by atoms with Gasteiger partial charge in [-0.3, -0.25) is 0 Å². The van der Waals surface area contributed by atoms with Crippen molar-refractivity contribution < 1.29 is 23.7 Å². The van der Waals surface area contributed by atoms with Crippen molar-refractivity contribution in [3.8, 4) is 17.6 Å². The first-order valence-corrected chi connectivity index (χ1v) is 13.5. The maximum atomic E-state index is 11.7. The number of hydrogen-bond acceptors (Lipinski definition) is 8. The van der Waals surface area contributed by atoms with Gasteiger partial charge in [0.05, 0.1) is 45.3 Å². The molecule has 0 aliphatic rings. The highest BCUT2D eigenvalue weighted by atomic mass is 16.6. The summed E-state index contributed by atoms with van der Waals surface area (Å²) in [6, 6.07) is 13.6. The molecule has 2 aromatic carbocycles. The Morgan fingerprint density at radius 1 is 0.923 bits per heavy atom. The van der Waals surface area contributed by atoms with Gasteiger partial charge in [-0.05, 0) is 48.9 Å². The highest BCUT2D eigenvalue weighted by Gasteiger charge is 2.06. The standard InChI is InChI=1S/C30H42N4O5/c1-5-25-10-13-29(38-22-21-37-20-19-36-18-16-31-4)28(23-25)34-33-27-11-8-26(9-12-27)14-17-39-30(35)32-15-6-7-24(2)3/h8-13,23-24,31H,5,14-22H2,1-4H3,(H,32,35)/b34-33+. The average molecular weight is 539 g/mol. The number of rotatable bonds is 17. The smallest absolute Gasteiger partial charge is 0.407 e. The number of amides is 1. The summed E-state index contributed by atoms with van der Waals surface area (Å²) in [5.74, 6) is 6.81. The second-order valence-corrected chi connectivity index (χ2v) is 8.91. The molecular weight excluding hydrogens is 496 g/mol. The number of carbonyl (C=O) groups excluding carboxylic acids is 1. The van der Waals surface area contributed by atoms with E-state index in [2.05, 4.69) is 39.6 Å². The van der Waals surface area contributed by atoms with Gasteiger partial charge in [0.15, 0.2) is 0 Å². The van der Waals surface area contributed by atoms with Gasteiger partial charge >= 0.3 is 6.09 Å². The molecule has 9 heteroatoms. The maximum Gasteiger partial charge on any atom is 0.407 e. The Balaban J connectivity index is 1.80. The Kier molecular flexibility index (Phi) is 16.0. The minimum Gasteiger partial charge on any atom is -0.489 e. The van der Waals surface area contributed by atoms with E-state index in [0.717, 1.165) is 29.8 Å². The second-order valence-electron chi connectivity index (χ2n) is 8.91. The van der Waals surface area contributed by atoms with E-state index in [1.807, 2.05) is 63.4 Å². The first-order chi connectivity index (χ1) is 19.0. The van der Waals surface area contributed by atoms with Gasteiger partial charge in [0, 0.05) is 18.9 Å². The van der Waals surface area contributed by atoms with Crippen molar-refractivity contribution in [2.24, 2.45) is 16.1 Å². The van der Waals surface area contributed by atoms with E-state index < -0.39 is 6.09 Å². The summed E-state index contributed by atoms with van der Waals surface area (Å²) in [4.78, 5) is 11.7. The van der Waals surface area contributed by atoms with Crippen LogP contribution < -0.4 is 15.4 Å². The Morgan fingerprint density at radius 2 is 1.64 bits per heavy atom. The quantitative estimate of drug-likeness (QED) is 0.163. The van der Waals surface area contributed by atoms with Gasteiger partial charge < -0.3 is 29.6 Å². The van der Waals surface area contributed by atoms with Crippen molar-refractivity contribution in [3.63, 3.8) is 0 Å². The number of nitrogens with zero attached hydrogens (tertiary/aromatic N) is 2. The molecular formula is C30H42N4O5. The third-order valence-corrected chi connectivity index (χ3v) is 5.33. The second kappa shape index (κ2) is 19.6. The first kappa shape index (κ1) is 31.8. The molecule has 0 bridgehead atoms. The van der Waals surface area contributed by atoms with E-state index in [-0.39, 0.29) is 19.1 Å². The van der Waals surface area contributed by atoms with Crippen LogP contribution >= 0.6 is 0 Å². The zero-order valence-corrected chi connectivity index (χ0v) is 23.6. The first-order valence-electron chi connectivity index (χ1n) is 13.5. The lowest BCUT2D eigenvalue weighted by molar-refractivity contribution is 0.0377. The molecule has 9 nitrogen and oxygen atoms in total. The summed E-state index contributed by atoms with van der Waals surface area (Å²) >= 11 is 0. The summed E-state index contributed by atoms with van der Waals surface area (Å²) < 4.78 is 22.1. The summed E-state index contributed by atoms with van der Waals surface area (Å²) in [6.07, 6.45) is 1.02. The molecule has 0 saturated heterocycles. The number of ether oxygens (including phenoxy) is 4. The molecule has 0 aliphatic carbocycles. The molecule has 2 aromatic rings. The van der Waals surface area contributed by atoms with Crippen LogP contribution in [0.2, 0.25) is 0 Å². The summed E-state index contributed by atoms with van der Waals surface area (Å²) in [5, 5.41) is 14.5. The molecule has 2 rings (SSSR count). The van der Waals surface area contributed by atoms with E-state index in [0.29, 0.717) is 50.9 Å². The summed E-state index contributed by atoms with van der Waals surface area (Å²) in [6.45, 7) is 10.1. The molecule has 1 amide bonds. The van der Waals surface area contributed by atoms with Gasteiger partial charge in [0.25, 0.3) is 0 Å². The minimum atomic E-state index is -0.466. The van der Waals surface area contributed by atoms with E-state index in [9.17, 15) is 4.79 Å². The molecule has 0 aliphatic heterocycles. The van der Waals surface area contributed by atoms with Gasteiger partial charge in [-0.1, -0.05) is 50.8 Å². The lowest BCUT2D eigenvalue weighted by atomic mass is 10.1. The number of likely N-dealkylation sites (N-methyl/N-ethyl adjacent to an activating group) is 1. The zero-order valence-electron chi connectivity index (χ0n) is 23.6. The molecule has 0 atom stereocenters. The lowest BCUT2D eigenvalue weighted by Crippen LogP contribution is -2.25. The molecule has 0 saturated carbocycles. The van der Waals surface area contributed by atoms with Gasteiger partial charge in [0.2, 0.25) is 0 Å². The fourth-order valence-corrected chi connectivity index (χ4v) is 3.21. The van der Waals surface area contributed by atoms with Crippen LogP contribution in [0.3, 0.4) is 0 Å². The van der Waals surface area contributed by atoms with Crippen molar-refractivity contribution in [3.05, 3.63) is 53.6 Å². The monoisotopic (exact) mass is 538 g/mol. The number of azo groups is 1. The van der Waals surface area contributed by atoms with Crippen molar-refractivity contribution in [2.45, 2.75) is 33.6 Å². The predicted octanol–water partition coefficient (Wildman–Crippen LogP) is 5.22. The molecule has 0 spiro atoms. The summed E-state index contributed by atoms with van der Waals surface area (Å²) in [5.41, 5.74) is 3.57. The van der Waals surface area contributed by atoms with E-state index in [4.69, 9.17) is 18.9 Å². The highest BCUT2D eigenvalue weighted by molar-refractivity contribution is 5.67. The average Bonchev–Trinajstić information content (AvgIpc) is 2.94. The van der Waals surface area contributed by atoms with Gasteiger partial charge in [-0.25, -0.2) is 4.79 Å². The topological polar surface area (TPSA) is 103 Å². The van der Waals surface area contributed by atoms with Gasteiger partial charge in [0.1, 0.15) is 18.0 Å². The number of benzene rings is 2. The third kappa shape index (κ3) is 14.3. The van der Waals surface area contributed by atoms with Crippen LogP contribution in [0.4, 0.5) is 16.2 Å². The molecule has 39 heavy (non-hydrogen) atoms. The molecule has 2 N–H and O–H groups in total. The minimum absolute atomic E-state index is 0.275. The normalized spacial score (nSPS) is 10.9. The number of hydrogen-bond donors (Lipinski definition) is 2. The van der Waals surface area contributed by atoms with Crippen molar-refractivity contribution in [1.29, 1.82) is 0 Å². The fourth-order valence-electron chi connectivity index (χ4n) is 3.21. The van der Waals surface area contributed by atoms with Crippen LogP contribution in [-0.2, 0) is 27.1 Å². The van der Waals surface area contributed by atoms with Crippen LogP contribution in [0.5, 0.6) is 5.75 Å². The number of alkyl carbamates (subject to hydrolysis) is 1. The van der Waals surface area contributed by atoms with Crippen LogP contribution in [0.15, 0.2) is 52.7 Å². The van der Waals surface area contributed by atoms with Crippen molar-refractivity contribution in [2.75, 3.05) is 59.8 Å². The van der Waals surface area contributed by atoms with Crippen molar-refractivity contribution >= 4 is 17.5 Å². The van der Waals surface area contributed by atoms with Crippen LogP contribution in [-0.4, -0.2) is 65.9 Å². The van der Waals surface area contributed by atoms with E-state index >= 15 is 0 Å². The molecule has 212 valence electrons. The molecule has 0 heterocycles. The zero-order chi connectivity index (χ0) is 28.1. The van der Waals surface area contributed by atoms with Crippen LogP contribution in [0.25, 0.3) is 0 Å². The Hall–Kier alpha value is -3.45. The van der Waals surface area contributed by atoms with Gasteiger partial charge in [-0.2, -0.15) is 5.11 Å². The lowest BCUT2D eigenvalue weighted by Gasteiger charge is -2.10. The predicted molar refractivity (Wildman–Crippen MR) is 153 cm³/mol. The van der Waals surface area contributed by atoms with E-state index in [1.165, 1.54) is 0 Å². The molecule has 0 radical (unpaired) electrons. The Labute approximate surface area is 232 Å². The fraction of sp³-hybridized carbons (Fsp3) is 0.500. The van der Waals surface area contributed by atoms with Crippen LogP contribution in [0.1, 0.15) is 31.9 Å². The number of aryl methyl sites for hydroxylation is 1. The maximum absolute atomic E-state index is 11.7. The Morgan fingerprint density at radius 3 is 2.36 bits per heavy atom. The number of carbonyl (C=O) groups is 1. The van der Waals surface area contributed by atoms with Crippen molar-refractivity contribution in [1.82, 2.24) is 10.6 Å². The largest absolute Gasteiger partial charge is 0.489 e. The Bertz CT molecular complexity index is 1060. The summed E-state index contributed by atoms with van der Waals surface area (Å²) in [7, 11) is 1.89. The third-order valence-electron chi connectivity index (χ3n) is 5.33.